The number of thiophene rings is 1. The Morgan fingerprint density at radius 3 is 2.58 bits per heavy atom. The number of nitrogens with zero attached hydrogens (tertiary/aromatic N) is 1. The van der Waals surface area contributed by atoms with E-state index in [2.05, 4.69) is 20.6 Å². The number of H-pyrrole nitrogens is 1. The largest absolute Gasteiger partial charge is 0.333 e. The zero-order valence-electron chi connectivity index (χ0n) is 15.8. The molecule has 0 aliphatic rings. The Morgan fingerprint density at radius 1 is 1.31 bits per heavy atom. The van der Waals surface area contributed by atoms with Crippen molar-refractivity contribution in [2.45, 2.75) is 58.1 Å². The van der Waals surface area contributed by atoms with Crippen LogP contribution in [0.2, 0.25) is 0 Å². The van der Waals surface area contributed by atoms with Crippen molar-refractivity contribution in [2.24, 2.45) is 0 Å². The van der Waals surface area contributed by atoms with Crippen LogP contribution < -0.4 is 16.2 Å². The van der Waals surface area contributed by atoms with Gasteiger partial charge >= 0.3 is 6.03 Å². The highest BCUT2D eigenvalue weighted by Gasteiger charge is 2.20. The predicted octanol–water partition coefficient (Wildman–Crippen LogP) is 2.85. The molecule has 2 aromatic rings. The number of aryl methyl sites for hydroxylation is 2. The number of thioether (sulfide) groups is 1. The summed E-state index contributed by atoms with van der Waals surface area (Å²) in [6.45, 7) is 11.1. The van der Waals surface area contributed by atoms with E-state index in [1.165, 1.54) is 23.1 Å². The molecule has 26 heavy (non-hydrogen) atoms. The molecule has 0 bridgehead atoms. The number of rotatable bonds is 4. The highest BCUT2D eigenvalue weighted by Crippen LogP contribution is 2.26. The van der Waals surface area contributed by atoms with Crippen molar-refractivity contribution in [3.05, 3.63) is 26.6 Å². The van der Waals surface area contributed by atoms with Crippen LogP contribution in [0.3, 0.4) is 0 Å². The van der Waals surface area contributed by atoms with Gasteiger partial charge in [0, 0.05) is 10.4 Å². The van der Waals surface area contributed by atoms with Gasteiger partial charge in [-0.2, -0.15) is 0 Å². The van der Waals surface area contributed by atoms with Crippen molar-refractivity contribution < 1.29 is 9.59 Å². The summed E-state index contributed by atoms with van der Waals surface area (Å²) < 4.78 is 0. The minimum atomic E-state index is -0.521. The molecule has 0 radical (unpaired) electrons. The molecule has 0 aliphatic carbocycles. The summed E-state index contributed by atoms with van der Waals surface area (Å²) in [4.78, 5) is 45.2. The molecular weight excluding hydrogens is 372 g/mol. The predicted molar refractivity (Wildman–Crippen MR) is 107 cm³/mol. The molecule has 9 heteroatoms. The summed E-state index contributed by atoms with van der Waals surface area (Å²) in [7, 11) is 0. The monoisotopic (exact) mass is 396 g/mol. The number of aromatic nitrogens is 2. The lowest BCUT2D eigenvalue weighted by Crippen LogP contribution is -2.49. The molecule has 0 unspecified atom stereocenters. The lowest BCUT2D eigenvalue weighted by molar-refractivity contribution is -0.119. The number of fused-ring (bicyclic) bond motifs is 1. The van der Waals surface area contributed by atoms with Crippen molar-refractivity contribution in [1.82, 2.24) is 20.6 Å². The molecule has 0 aromatic carbocycles. The molecule has 7 nitrogen and oxygen atoms in total. The number of carbonyl (C=O) groups excluding carboxylic acids is 2. The first-order valence-corrected chi connectivity index (χ1v) is 10.1. The van der Waals surface area contributed by atoms with Crippen LogP contribution in [-0.2, 0) is 10.5 Å². The van der Waals surface area contributed by atoms with Gasteiger partial charge in [0.2, 0.25) is 5.91 Å². The van der Waals surface area contributed by atoms with Crippen molar-refractivity contribution in [1.29, 1.82) is 0 Å². The minimum Gasteiger partial charge on any atom is -0.333 e. The average Bonchev–Trinajstić information content (AvgIpc) is 2.77. The maximum absolute atomic E-state index is 12.3. The van der Waals surface area contributed by atoms with E-state index in [0.717, 1.165) is 10.4 Å². The first kappa shape index (κ1) is 20.4. The van der Waals surface area contributed by atoms with Gasteiger partial charge in [0.25, 0.3) is 5.56 Å². The molecule has 3 amide bonds. The smallest absolute Gasteiger partial charge is 0.321 e. The topological polar surface area (TPSA) is 104 Å². The number of imide groups is 1. The highest BCUT2D eigenvalue weighted by molar-refractivity contribution is 7.99. The number of urea groups is 1. The Kier molecular flexibility index (Phi) is 6.13. The second-order valence-electron chi connectivity index (χ2n) is 7.12. The van der Waals surface area contributed by atoms with Crippen molar-refractivity contribution in [3.63, 3.8) is 0 Å². The number of amides is 3. The third-order valence-corrected chi connectivity index (χ3v) is 5.91. The number of hydrogen-bond donors (Lipinski definition) is 3. The van der Waals surface area contributed by atoms with Gasteiger partial charge in [-0.1, -0.05) is 0 Å². The van der Waals surface area contributed by atoms with Crippen LogP contribution in [0.1, 0.15) is 44.0 Å². The molecule has 0 saturated carbocycles. The minimum absolute atomic E-state index is 0.158. The zero-order valence-corrected chi connectivity index (χ0v) is 17.4. The fourth-order valence-corrected chi connectivity index (χ4v) is 4.04. The molecule has 3 N–H and O–H groups in total. The van der Waals surface area contributed by atoms with Crippen LogP contribution in [0.15, 0.2) is 4.79 Å². The quantitative estimate of drug-likeness (QED) is 0.737. The van der Waals surface area contributed by atoms with Gasteiger partial charge in [-0.25, -0.2) is 9.78 Å². The summed E-state index contributed by atoms with van der Waals surface area (Å²) in [5.74, 6) is 0.506. The van der Waals surface area contributed by atoms with E-state index in [9.17, 15) is 14.4 Å². The van der Waals surface area contributed by atoms with Crippen LogP contribution in [0.5, 0.6) is 0 Å². The van der Waals surface area contributed by atoms with Gasteiger partial charge in [0.05, 0.1) is 16.4 Å². The molecular formula is C17H24N4O3S2. The van der Waals surface area contributed by atoms with E-state index in [1.807, 2.05) is 34.6 Å². The standard InChI is InChI=1S/C17H24N4O3S2/c1-8-9(2)26-15-12(8)14(23)18-11(19-15)7-25-10(3)13(22)20-16(24)21-17(4,5)6/h10H,7H2,1-6H3,(H,18,19,23)(H2,20,21,22,24)/t10-/m0/s1. The van der Waals surface area contributed by atoms with Gasteiger partial charge in [-0.3, -0.25) is 14.9 Å². The Labute approximate surface area is 160 Å². The number of aromatic amines is 1. The van der Waals surface area contributed by atoms with Gasteiger partial charge in [-0.15, -0.1) is 23.1 Å². The average molecular weight is 397 g/mol. The van der Waals surface area contributed by atoms with E-state index in [1.54, 1.807) is 6.92 Å². The van der Waals surface area contributed by atoms with E-state index in [0.29, 0.717) is 21.8 Å². The molecule has 0 aliphatic heterocycles. The first-order chi connectivity index (χ1) is 12.0. The van der Waals surface area contributed by atoms with Gasteiger partial charge in [-0.05, 0) is 47.1 Å². The lowest BCUT2D eigenvalue weighted by atomic mass is 10.1. The molecule has 0 fully saturated rings. The fourth-order valence-electron chi connectivity index (χ4n) is 2.23. The van der Waals surface area contributed by atoms with E-state index in [-0.39, 0.29) is 11.5 Å². The maximum Gasteiger partial charge on any atom is 0.321 e. The number of nitrogens with one attached hydrogen (secondary N) is 3. The summed E-state index contributed by atoms with van der Waals surface area (Å²) in [6, 6.07) is -0.521. The Balaban J connectivity index is 2.00. The van der Waals surface area contributed by atoms with E-state index >= 15 is 0 Å². The molecule has 2 aromatic heterocycles. The molecule has 142 valence electrons. The third-order valence-electron chi connectivity index (χ3n) is 3.65. The van der Waals surface area contributed by atoms with Crippen LogP contribution in [0, 0.1) is 13.8 Å². The van der Waals surface area contributed by atoms with Crippen LogP contribution >= 0.6 is 23.1 Å². The third kappa shape index (κ3) is 5.07. The Hall–Kier alpha value is -1.87. The van der Waals surface area contributed by atoms with Crippen molar-refractivity contribution >= 4 is 45.3 Å². The molecule has 2 rings (SSSR count). The molecule has 2 heterocycles. The number of hydrogen-bond acceptors (Lipinski definition) is 6. The van der Waals surface area contributed by atoms with Gasteiger partial charge in [0.15, 0.2) is 0 Å². The first-order valence-electron chi connectivity index (χ1n) is 8.21. The van der Waals surface area contributed by atoms with Crippen LogP contribution in [0.4, 0.5) is 4.79 Å². The normalized spacial score (nSPS) is 12.8. The van der Waals surface area contributed by atoms with E-state index < -0.39 is 16.8 Å². The van der Waals surface area contributed by atoms with Gasteiger partial charge in [0.1, 0.15) is 10.7 Å². The summed E-state index contributed by atoms with van der Waals surface area (Å²) in [5.41, 5.74) is 0.376. The highest BCUT2D eigenvalue weighted by atomic mass is 32.2. The second kappa shape index (κ2) is 7.79. The lowest BCUT2D eigenvalue weighted by Gasteiger charge is -2.21. The Morgan fingerprint density at radius 2 is 1.96 bits per heavy atom. The molecule has 0 spiro atoms. The molecule has 1 atom stereocenters. The zero-order chi connectivity index (χ0) is 19.6. The Bertz CT molecular complexity index is 896. The van der Waals surface area contributed by atoms with Crippen molar-refractivity contribution in [3.8, 4) is 0 Å². The van der Waals surface area contributed by atoms with Crippen LogP contribution in [-0.4, -0.2) is 32.7 Å². The van der Waals surface area contributed by atoms with E-state index in [4.69, 9.17) is 0 Å². The maximum atomic E-state index is 12.3. The fraction of sp³-hybridized carbons (Fsp3) is 0.529. The second-order valence-corrected chi connectivity index (χ2v) is 9.65. The van der Waals surface area contributed by atoms with Crippen LogP contribution in [0.25, 0.3) is 10.2 Å². The summed E-state index contributed by atoms with van der Waals surface area (Å²) in [5, 5.41) is 5.17. The summed E-state index contributed by atoms with van der Waals surface area (Å²) >= 11 is 2.79. The van der Waals surface area contributed by atoms with Gasteiger partial charge < -0.3 is 10.3 Å². The number of carbonyl (C=O) groups is 2. The SMILES string of the molecule is Cc1sc2nc(CS[C@@H](C)C(=O)NC(=O)NC(C)(C)C)[nH]c(=O)c2c1C. The summed E-state index contributed by atoms with van der Waals surface area (Å²) in [6.07, 6.45) is 0. The van der Waals surface area contributed by atoms with Crippen molar-refractivity contribution in [2.75, 3.05) is 0 Å². The molecule has 0 saturated heterocycles.